The predicted octanol–water partition coefficient (Wildman–Crippen LogP) is 2.17. The summed E-state index contributed by atoms with van der Waals surface area (Å²) in [6, 6.07) is 0. The van der Waals surface area contributed by atoms with Gasteiger partial charge in [-0.1, -0.05) is 0 Å². The van der Waals surface area contributed by atoms with Crippen LogP contribution >= 0.6 is 23.5 Å². The average molecular weight is 307 g/mol. The van der Waals surface area contributed by atoms with Gasteiger partial charge in [0.05, 0.1) is 0 Å². The first-order valence-electron chi connectivity index (χ1n) is 4.41. The van der Waals surface area contributed by atoms with Gasteiger partial charge in [-0.15, -0.1) is 0 Å². The number of carbonyl (C=O) groups is 2. The number of hydrogen-bond donors (Lipinski definition) is 0. The van der Waals surface area contributed by atoms with Crippen LogP contribution in [0.15, 0.2) is 25.3 Å². The van der Waals surface area contributed by atoms with Crippen molar-refractivity contribution in [2.75, 3.05) is 0 Å². The summed E-state index contributed by atoms with van der Waals surface area (Å²) in [5.41, 5.74) is 0. The number of carbonyl (C=O) groups excluding carboxylic acids is 2. The first-order chi connectivity index (χ1) is 7.17. The van der Waals surface area contributed by atoms with Gasteiger partial charge in [0.2, 0.25) is 0 Å². The van der Waals surface area contributed by atoms with Gasteiger partial charge in [0.25, 0.3) is 0 Å². The zero-order valence-electron chi connectivity index (χ0n) is 8.18. The van der Waals surface area contributed by atoms with Crippen molar-refractivity contribution in [3.8, 4) is 0 Å². The van der Waals surface area contributed by atoms with Crippen LogP contribution in [0.25, 0.3) is 0 Å². The molecule has 82 valence electrons. The van der Waals surface area contributed by atoms with Gasteiger partial charge in [0.15, 0.2) is 0 Å². The van der Waals surface area contributed by atoms with Crippen LogP contribution < -0.4 is 0 Å². The molecule has 15 heavy (non-hydrogen) atoms. The molecule has 1 rings (SSSR count). The molecule has 0 saturated carbocycles. The second-order valence-electron chi connectivity index (χ2n) is 2.90. The Balaban J connectivity index is 2.49. The minimum atomic E-state index is 0.00866. The Labute approximate surface area is 104 Å². The molecule has 2 nitrogen and oxygen atoms in total. The number of thioether (sulfide) groups is 2. The van der Waals surface area contributed by atoms with Crippen LogP contribution in [-0.2, 0) is 9.59 Å². The third-order valence-corrected chi connectivity index (χ3v) is 7.86. The third kappa shape index (κ3) is 4.19. The maximum absolute atomic E-state index is 11.2. The first kappa shape index (κ1) is 13.1. The van der Waals surface area contributed by atoms with Gasteiger partial charge in [0, 0.05) is 0 Å². The van der Waals surface area contributed by atoms with E-state index < -0.39 is 0 Å². The molecule has 1 fully saturated rings. The van der Waals surface area contributed by atoms with Crippen molar-refractivity contribution in [2.24, 2.45) is 0 Å². The molecule has 0 bridgehead atoms. The Bertz CT molecular complexity index is 263. The Kier molecular flexibility index (Phi) is 5.75. The van der Waals surface area contributed by atoms with Crippen LogP contribution in [0.2, 0.25) is 10.6 Å². The Hall–Kier alpha value is 0.0395. The molecule has 0 aromatic carbocycles. The van der Waals surface area contributed by atoms with E-state index in [1.54, 1.807) is 0 Å². The van der Waals surface area contributed by atoms with Crippen molar-refractivity contribution >= 4 is 48.7 Å². The molecule has 0 amide bonds. The molecule has 0 spiro atoms. The van der Waals surface area contributed by atoms with E-state index in [1.807, 2.05) is 0 Å². The van der Waals surface area contributed by atoms with E-state index in [-0.39, 0.29) is 20.7 Å². The van der Waals surface area contributed by atoms with Gasteiger partial charge in [-0.3, -0.25) is 0 Å². The fourth-order valence-corrected chi connectivity index (χ4v) is 7.53. The summed E-state index contributed by atoms with van der Waals surface area (Å²) in [7, 11) is 0. The van der Waals surface area contributed by atoms with E-state index in [9.17, 15) is 9.59 Å². The van der Waals surface area contributed by atoms with E-state index in [0.717, 1.165) is 10.6 Å². The molecule has 2 atom stereocenters. The Morgan fingerprint density at radius 2 is 1.47 bits per heavy atom. The normalized spacial score (nSPS) is 24.8. The van der Waals surface area contributed by atoms with Crippen molar-refractivity contribution in [3.63, 3.8) is 0 Å². The SMILES string of the molecule is C=CC(=O)SC1C[Se]CC1SC(=O)C=C. The molecule has 1 aliphatic rings. The van der Waals surface area contributed by atoms with Crippen molar-refractivity contribution in [1.82, 2.24) is 0 Å². The van der Waals surface area contributed by atoms with Crippen LogP contribution in [0, 0.1) is 0 Å². The molecule has 0 aromatic heterocycles. The molecule has 5 heteroatoms. The van der Waals surface area contributed by atoms with Crippen LogP contribution in [-0.4, -0.2) is 35.7 Å². The summed E-state index contributed by atoms with van der Waals surface area (Å²) in [6.45, 7) is 6.90. The fourth-order valence-electron chi connectivity index (χ4n) is 1.13. The molecular formula is C10H12O2S2Se. The van der Waals surface area contributed by atoms with Crippen molar-refractivity contribution in [3.05, 3.63) is 25.3 Å². The van der Waals surface area contributed by atoms with E-state index in [0.29, 0.717) is 15.0 Å². The molecule has 0 aromatic rings. The monoisotopic (exact) mass is 308 g/mol. The first-order valence-corrected chi connectivity index (χ1v) is 8.59. The second kappa shape index (κ2) is 6.59. The summed E-state index contributed by atoms with van der Waals surface area (Å²) < 4.78 is 0. The quantitative estimate of drug-likeness (QED) is 0.589. The van der Waals surface area contributed by atoms with Crippen LogP contribution in [0.3, 0.4) is 0 Å². The van der Waals surface area contributed by atoms with E-state index in [4.69, 9.17) is 0 Å². The van der Waals surface area contributed by atoms with Gasteiger partial charge >= 0.3 is 105 Å². The summed E-state index contributed by atoms with van der Waals surface area (Å²) >= 11 is 3.21. The van der Waals surface area contributed by atoms with E-state index >= 15 is 0 Å². The van der Waals surface area contributed by atoms with Crippen LogP contribution in [0.5, 0.6) is 0 Å². The van der Waals surface area contributed by atoms with Gasteiger partial charge < -0.3 is 0 Å². The predicted molar refractivity (Wildman–Crippen MR) is 68.5 cm³/mol. The van der Waals surface area contributed by atoms with Gasteiger partial charge in [-0.25, -0.2) is 0 Å². The second-order valence-corrected chi connectivity index (χ2v) is 7.64. The molecule has 1 saturated heterocycles. The van der Waals surface area contributed by atoms with Gasteiger partial charge in [-0.05, 0) is 0 Å². The van der Waals surface area contributed by atoms with Crippen molar-refractivity contribution in [2.45, 2.75) is 21.1 Å². The molecule has 0 radical (unpaired) electrons. The fraction of sp³-hybridized carbons (Fsp3) is 0.400. The number of rotatable bonds is 4. The molecule has 2 unspecified atom stereocenters. The third-order valence-electron chi connectivity index (χ3n) is 1.85. The zero-order valence-corrected chi connectivity index (χ0v) is 11.5. The van der Waals surface area contributed by atoms with Crippen molar-refractivity contribution < 1.29 is 9.59 Å². The standard InChI is InChI=1S/C10H12O2S2Se/c1-3-9(11)13-7-5-15-6-8(7)14-10(12)4-2/h3-4,7-8H,1-2,5-6H2. The molecule has 1 aliphatic heterocycles. The minimum absolute atomic E-state index is 0.00866. The van der Waals surface area contributed by atoms with E-state index in [1.165, 1.54) is 35.7 Å². The Morgan fingerprint density at radius 3 is 1.80 bits per heavy atom. The summed E-state index contributed by atoms with van der Waals surface area (Å²) in [6.07, 6.45) is 2.68. The topological polar surface area (TPSA) is 34.1 Å². The van der Waals surface area contributed by atoms with Crippen LogP contribution in [0.1, 0.15) is 0 Å². The maximum atomic E-state index is 11.2. The molecule has 1 heterocycles. The van der Waals surface area contributed by atoms with Crippen LogP contribution in [0.4, 0.5) is 0 Å². The summed E-state index contributed by atoms with van der Waals surface area (Å²) in [5, 5.41) is 2.72. The van der Waals surface area contributed by atoms with Gasteiger partial charge in [-0.2, -0.15) is 0 Å². The summed E-state index contributed by atoms with van der Waals surface area (Å²) in [4.78, 5) is 22.4. The average Bonchev–Trinajstić information content (AvgIpc) is 2.65. The molecular weight excluding hydrogens is 295 g/mol. The summed E-state index contributed by atoms with van der Waals surface area (Å²) in [5.74, 6) is 0. The molecule has 0 N–H and O–H groups in total. The molecule has 0 aliphatic carbocycles. The number of hydrogen-bond acceptors (Lipinski definition) is 4. The van der Waals surface area contributed by atoms with E-state index in [2.05, 4.69) is 13.2 Å². The zero-order chi connectivity index (χ0) is 11.3. The van der Waals surface area contributed by atoms with Crippen molar-refractivity contribution in [1.29, 1.82) is 0 Å². The Morgan fingerprint density at radius 1 is 1.07 bits per heavy atom. The van der Waals surface area contributed by atoms with Gasteiger partial charge in [0.1, 0.15) is 0 Å².